The number of nitrogens with two attached hydrogens (primary N) is 1. The molecule has 12 heavy (non-hydrogen) atoms. The van der Waals surface area contributed by atoms with E-state index in [9.17, 15) is 8.78 Å². The molecule has 1 nitrogen and oxygen atoms in total. The average molecular weight is 171 g/mol. The third-order valence-electron chi connectivity index (χ3n) is 1.59. The molecule has 0 radical (unpaired) electrons. The van der Waals surface area contributed by atoms with Crippen molar-refractivity contribution in [1.29, 1.82) is 0 Å². The van der Waals surface area contributed by atoms with Crippen molar-refractivity contribution < 1.29 is 8.78 Å². The van der Waals surface area contributed by atoms with Gasteiger partial charge in [-0.1, -0.05) is 12.1 Å². The first-order chi connectivity index (χ1) is 5.72. The minimum atomic E-state index is -0.573. The molecule has 1 rings (SSSR count). The van der Waals surface area contributed by atoms with Crippen molar-refractivity contribution in [2.75, 3.05) is 6.67 Å². The maximum absolute atomic E-state index is 12.6. The lowest BCUT2D eigenvalue weighted by Gasteiger charge is -2.05. The Bertz CT molecular complexity index is 250. The van der Waals surface area contributed by atoms with Crippen LogP contribution in [0, 0.1) is 5.82 Å². The zero-order valence-corrected chi connectivity index (χ0v) is 6.63. The van der Waals surface area contributed by atoms with E-state index in [-0.39, 0.29) is 5.82 Å². The summed E-state index contributed by atoms with van der Waals surface area (Å²) in [5.74, 6) is -0.307. The van der Waals surface area contributed by atoms with Crippen LogP contribution in [-0.2, 0) is 6.42 Å². The van der Waals surface area contributed by atoms with Gasteiger partial charge in [-0.15, -0.1) is 0 Å². The number of hydrogen-bond acceptors (Lipinski definition) is 1. The van der Waals surface area contributed by atoms with Crippen LogP contribution in [0.25, 0.3) is 0 Å². The molecule has 0 aliphatic carbocycles. The second kappa shape index (κ2) is 4.16. The van der Waals surface area contributed by atoms with Crippen molar-refractivity contribution in [3.63, 3.8) is 0 Å². The lowest BCUT2D eigenvalue weighted by atomic mass is 10.1. The Morgan fingerprint density at radius 3 is 2.75 bits per heavy atom. The molecule has 0 saturated carbocycles. The van der Waals surface area contributed by atoms with Crippen molar-refractivity contribution in [3.8, 4) is 0 Å². The Morgan fingerprint density at radius 2 is 2.17 bits per heavy atom. The first kappa shape index (κ1) is 9.13. The lowest BCUT2D eigenvalue weighted by molar-refractivity contribution is 0.426. The number of rotatable bonds is 3. The number of alkyl halides is 1. The van der Waals surface area contributed by atoms with Gasteiger partial charge in [0.2, 0.25) is 0 Å². The molecule has 0 aromatic heterocycles. The maximum Gasteiger partial charge on any atom is 0.123 e. The number of hydrogen-bond donors (Lipinski definition) is 1. The van der Waals surface area contributed by atoms with E-state index in [1.165, 1.54) is 12.1 Å². The first-order valence-corrected chi connectivity index (χ1v) is 3.78. The summed E-state index contributed by atoms with van der Waals surface area (Å²) < 4.78 is 24.5. The zero-order valence-electron chi connectivity index (χ0n) is 6.63. The number of halogens is 2. The summed E-state index contributed by atoms with van der Waals surface area (Å²) in [6, 6.07) is 5.53. The first-order valence-electron chi connectivity index (χ1n) is 3.78. The average Bonchev–Trinajstić information content (AvgIpc) is 2.04. The van der Waals surface area contributed by atoms with Gasteiger partial charge in [0.25, 0.3) is 0 Å². The van der Waals surface area contributed by atoms with E-state index >= 15 is 0 Å². The monoisotopic (exact) mass is 171 g/mol. The van der Waals surface area contributed by atoms with E-state index in [2.05, 4.69) is 0 Å². The fourth-order valence-corrected chi connectivity index (χ4v) is 1.02. The van der Waals surface area contributed by atoms with Gasteiger partial charge < -0.3 is 5.73 Å². The Kier molecular flexibility index (Phi) is 3.17. The quantitative estimate of drug-likeness (QED) is 0.735. The molecule has 1 unspecified atom stereocenters. The highest BCUT2D eigenvalue weighted by Gasteiger charge is 2.03. The smallest absolute Gasteiger partial charge is 0.123 e. The summed E-state index contributed by atoms with van der Waals surface area (Å²) in [5, 5.41) is 0. The predicted molar refractivity (Wildman–Crippen MR) is 44.1 cm³/mol. The molecule has 1 aromatic carbocycles. The van der Waals surface area contributed by atoms with Crippen LogP contribution >= 0.6 is 0 Å². The highest BCUT2D eigenvalue weighted by Crippen LogP contribution is 2.05. The van der Waals surface area contributed by atoms with Gasteiger partial charge in [0, 0.05) is 6.04 Å². The molecule has 2 N–H and O–H groups in total. The maximum atomic E-state index is 12.6. The minimum absolute atomic E-state index is 0.307. The van der Waals surface area contributed by atoms with Gasteiger partial charge in [0.1, 0.15) is 12.5 Å². The van der Waals surface area contributed by atoms with Crippen LogP contribution in [0.3, 0.4) is 0 Å². The molecule has 0 fully saturated rings. The molecule has 1 aromatic rings. The highest BCUT2D eigenvalue weighted by atomic mass is 19.1. The minimum Gasteiger partial charge on any atom is -0.325 e. The van der Waals surface area contributed by atoms with Gasteiger partial charge >= 0.3 is 0 Å². The van der Waals surface area contributed by atoms with Crippen LogP contribution < -0.4 is 5.73 Å². The van der Waals surface area contributed by atoms with E-state index in [1.54, 1.807) is 12.1 Å². The van der Waals surface area contributed by atoms with Crippen LogP contribution in [0.2, 0.25) is 0 Å². The van der Waals surface area contributed by atoms with Crippen LogP contribution in [0.5, 0.6) is 0 Å². The van der Waals surface area contributed by atoms with Gasteiger partial charge in [0.05, 0.1) is 0 Å². The standard InChI is InChI=1S/C9H11F2N/c10-6-9(12)5-7-2-1-3-8(11)4-7/h1-4,9H,5-6,12H2. The van der Waals surface area contributed by atoms with Crippen molar-refractivity contribution in [2.45, 2.75) is 12.5 Å². The molecule has 1 atom stereocenters. The van der Waals surface area contributed by atoms with Crippen molar-refractivity contribution in [1.82, 2.24) is 0 Å². The summed E-state index contributed by atoms with van der Waals surface area (Å²) in [6.45, 7) is -0.573. The molecular formula is C9H11F2N. The lowest BCUT2D eigenvalue weighted by Crippen LogP contribution is -2.24. The van der Waals surface area contributed by atoms with Crippen LogP contribution in [0.1, 0.15) is 5.56 Å². The van der Waals surface area contributed by atoms with Crippen molar-refractivity contribution in [3.05, 3.63) is 35.6 Å². The third-order valence-corrected chi connectivity index (χ3v) is 1.59. The Labute approximate surface area is 70.2 Å². The topological polar surface area (TPSA) is 26.0 Å². The molecule has 0 spiro atoms. The van der Waals surface area contributed by atoms with Gasteiger partial charge in [0.15, 0.2) is 0 Å². The van der Waals surface area contributed by atoms with E-state index in [0.717, 1.165) is 5.56 Å². The van der Waals surface area contributed by atoms with Crippen LogP contribution in [0.4, 0.5) is 8.78 Å². The van der Waals surface area contributed by atoms with E-state index in [1.807, 2.05) is 0 Å². The SMILES string of the molecule is NC(CF)Cc1cccc(F)c1. The van der Waals surface area contributed by atoms with Crippen molar-refractivity contribution >= 4 is 0 Å². The molecule has 66 valence electrons. The summed E-state index contributed by atoms with van der Waals surface area (Å²) in [6.07, 6.45) is 0.383. The molecule has 3 heteroatoms. The largest absolute Gasteiger partial charge is 0.325 e. The van der Waals surface area contributed by atoms with Crippen LogP contribution in [0.15, 0.2) is 24.3 Å². The van der Waals surface area contributed by atoms with Gasteiger partial charge in [-0.2, -0.15) is 0 Å². The summed E-state index contributed by atoms with van der Waals surface area (Å²) >= 11 is 0. The van der Waals surface area contributed by atoms with Gasteiger partial charge in [-0.3, -0.25) is 0 Å². The third kappa shape index (κ3) is 2.58. The molecule has 0 saturated heterocycles. The normalized spacial score (nSPS) is 12.9. The fourth-order valence-electron chi connectivity index (χ4n) is 1.02. The van der Waals surface area contributed by atoms with Gasteiger partial charge in [-0.05, 0) is 24.1 Å². The van der Waals surface area contributed by atoms with E-state index < -0.39 is 12.7 Å². The Balaban J connectivity index is 2.63. The molecule has 0 heterocycles. The molecule has 0 aliphatic rings. The Hall–Kier alpha value is -0.960. The summed E-state index contributed by atoms with van der Waals surface area (Å²) in [7, 11) is 0. The molecule has 0 bridgehead atoms. The second-order valence-corrected chi connectivity index (χ2v) is 2.75. The van der Waals surface area contributed by atoms with Crippen molar-refractivity contribution in [2.24, 2.45) is 5.73 Å². The molecule has 0 aliphatic heterocycles. The van der Waals surface area contributed by atoms with E-state index in [0.29, 0.717) is 6.42 Å². The highest BCUT2D eigenvalue weighted by molar-refractivity contribution is 5.17. The zero-order chi connectivity index (χ0) is 8.97. The van der Waals surface area contributed by atoms with Crippen LogP contribution in [-0.4, -0.2) is 12.7 Å². The fraction of sp³-hybridized carbons (Fsp3) is 0.333. The summed E-state index contributed by atoms with van der Waals surface area (Å²) in [5.41, 5.74) is 6.09. The van der Waals surface area contributed by atoms with E-state index in [4.69, 9.17) is 5.73 Å². The Morgan fingerprint density at radius 1 is 1.42 bits per heavy atom. The molecule has 0 amide bonds. The predicted octanol–water partition coefficient (Wildman–Crippen LogP) is 1.66. The van der Waals surface area contributed by atoms with Gasteiger partial charge in [-0.25, -0.2) is 8.78 Å². The summed E-state index contributed by atoms with van der Waals surface area (Å²) in [4.78, 5) is 0. The second-order valence-electron chi connectivity index (χ2n) is 2.75. The molecular weight excluding hydrogens is 160 g/mol. The number of benzene rings is 1.